The number of anilines is 1. The van der Waals surface area contributed by atoms with Crippen molar-refractivity contribution in [2.75, 3.05) is 24.5 Å². The zero-order valence-electron chi connectivity index (χ0n) is 20.5. The average Bonchev–Trinajstić information content (AvgIpc) is 3.44. The average molecular weight is 492 g/mol. The highest BCUT2D eigenvalue weighted by Gasteiger charge is 2.38. The second-order valence-corrected chi connectivity index (χ2v) is 10.4. The number of nitrogens with one attached hydrogen (secondary N) is 1. The second-order valence-electron chi connectivity index (χ2n) is 9.92. The van der Waals surface area contributed by atoms with Crippen molar-refractivity contribution in [1.29, 1.82) is 0 Å². The second kappa shape index (κ2) is 9.00. The summed E-state index contributed by atoms with van der Waals surface area (Å²) in [6, 6.07) is 7.39. The topological polar surface area (TPSA) is 79.2 Å². The van der Waals surface area contributed by atoms with Gasteiger partial charge in [-0.25, -0.2) is 14.8 Å². The number of fused-ring (bicyclic) bond motifs is 1. The van der Waals surface area contributed by atoms with Gasteiger partial charge in [0.15, 0.2) is 0 Å². The van der Waals surface area contributed by atoms with Crippen molar-refractivity contribution in [2.24, 2.45) is 7.05 Å². The fraction of sp³-hybridized carbons (Fsp3) is 0.385. The summed E-state index contributed by atoms with van der Waals surface area (Å²) in [5.41, 5.74) is 5.04. The highest BCUT2D eigenvalue weighted by molar-refractivity contribution is 6.30. The van der Waals surface area contributed by atoms with Gasteiger partial charge in [-0.05, 0) is 50.1 Å². The zero-order valence-corrected chi connectivity index (χ0v) is 21.3. The van der Waals surface area contributed by atoms with Crippen LogP contribution in [0.4, 0.5) is 10.6 Å². The predicted octanol–water partition coefficient (Wildman–Crippen LogP) is 4.33. The van der Waals surface area contributed by atoms with Crippen LogP contribution in [0.5, 0.6) is 0 Å². The van der Waals surface area contributed by atoms with E-state index in [4.69, 9.17) is 11.6 Å². The number of halogens is 1. The fourth-order valence-corrected chi connectivity index (χ4v) is 5.08. The molecular weight excluding hydrogens is 462 g/mol. The first-order valence-corrected chi connectivity index (χ1v) is 12.2. The summed E-state index contributed by atoms with van der Waals surface area (Å²) in [7, 11) is 1.92. The summed E-state index contributed by atoms with van der Waals surface area (Å²) in [6.07, 6.45) is 8.51. The van der Waals surface area contributed by atoms with Crippen molar-refractivity contribution >= 4 is 35.1 Å². The number of nitrogens with zero attached hydrogens (tertiary/aromatic N) is 6. The molecule has 3 heterocycles. The largest absolute Gasteiger partial charge is 0.352 e. The van der Waals surface area contributed by atoms with Crippen molar-refractivity contribution in [3.8, 4) is 0 Å². The maximum Gasteiger partial charge on any atom is 0.318 e. The molecule has 3 aromatic rings. The molecule has 2 amide bonds. The molecule has 8 nitrogen and oxygen atoms in total. The molecule has 1 atom stereocenters. The maximum absolute atomic E-state index is 13.2. The third kappa shape index (κ3) is 4.62. The Kier molecular flexibility index (Phi) is 6.01. The lowest BCUT2D eigenvalue weighted by molar-refractivity contribution is 0.121. The van der Waals surface area contributed by atoms with Gasteiger partial charge < -0.3 is 15.1 Å². The van der Waals surface area contributed by atoms with Crippen LogP contribution in [0.25, 0.3) is 11.6 Å². The normalized spacial score (nSPS) is 17.7. The molecule has 5 rings (SSSR count). The van der Waals surface area contributed by atoms with Crippen molar-refractivity contribution in [1.82, 2.24) is 30.0 Å². The van der Waals surface area contributed by atoms with Gasteiger partial charge in [-0.2, -0.15) is 5.10 Å². The van der Waals surface area contributed by atoms with Crippen molar-refractivity contribution < 1.29 is 4.79 Å². The summed E-state index contributed by atoms with van der Waals surface area (Å²) in [6.45, 7) is 8.17. The minimum atomic E-state index is -0.381. The summed E-state index contributed by atoms with van der Waals surface area (Å²) in [4.78, 5) is 26.6. The van der Waals surface area contributed by atoms with Gasteiger partial charge in [0.05, 0.1) is 23.5 Å². The van der Waals surface area contributed by atoms with Gasteiger partial charge in [-0.3, -0.25) is 4.68 Å². The quantitative estimate of drug-likeness (QED) is 0.587. The lowest BCUT2D eigenvalue weighted by Crippen LogP contribution is -2.63. The maximum atomic E-state index is 13.2. The van der Waals surface area contributed by atoms with Crippen molar-refractivity contribution in [3.05, 3.63) is 70.4 Å². The van der Waals surface area contributed by atoms with Crippen LogP contribution in [0.2, 0.25) is 5.02 Å². The molecule has 1 N–H and O–H groups in total. The molecule has 35 heavy (non-hydrogen) atoms. The lowest BCUT2D eigenvalue weighted by Gasteiger charge is -2.47. The number of urea groups is 1. The molecule has 1 aliphatic carbocycles. The summed E-state index contributed by atoms with van der Waals surface area (Å²) in [5, 5.41) is 8.13. The van der Waals surface area contributed by atoms with E-state index in [0.29, 0.717) is 24.7 Å². The number of amides is 2. The number of aromatic nitrogens is 4. The molecule has 0 spiro atoms. The van der Waals surface area contributed by atoms with E-state index >= 15 is 0 Å². The van der Waals surface area contributed by atoms with E-state index in [0.717, 1.165) is 34.6 Å². The predicted molar refractivity (Wildman–Crippen MR) is 138 cm³/mol. The number of hydrogen-bond donors (Lipinski definition) is 1. The SMILES string of the molecule is C[C@H](NC(=O)N1CCN(c2ncnc3c2C=C(c2cnn(C)c2)C3)CC1(C)C)c1ccc(Cl)cc1. The van der Waals surface area contributed by atoms with Crippen LogP contribution >= 0.6 is 11.6 Å². The number of carbonyl (C=O) groups excluding carboxylic acids is 1. The first-order valence-electron chi connectivity index (χ1n) is 11.8. The Labute approximate surface area is 210 Å². The summed E-state index contributed by atoms with van der Waals surface area (Å²) < 4.78 is 1.81. The third-order valence-electron chi connectivity index (χ3n) is 6.85. The number of benzene rings is 1. The van der Waals surface area contributed by atoms with E-state index in [9.17, 15) is 4.79 Å². The standard InChI is InChI=1S/C26H30ClN7O/c1-17(18-5-7-21(27)8-6-18)31-25(35)34-10-9-33(15-26(34,2)3)24-22-11-19(12-23(22)28-16-29-24)20-13-30-32(4)14-20/h5-8,11,13-14,16-17H,9-10,12,15H2,1-4H3,(H,31,35)/t17-/m0/s1. The molecule has 0 unspecified atom stereocenters. The molecule has 0 radical (unpaired) electrons. The highest BCUT2D eigenvalue weighted by Crippen LogP contribution is 2.36. The van der Waals surface area contributed by atoms with Crippen LogP contribution in [0.1, 0.15) is 49.2 Å². The van der Waals surface area contributed by atoms with Gasteiger partial charge in [0.25, 0.3) is 0 Å². The fourth-order valence-electron chi connectivity index (χ4n) is 4.95. The molecule has 2 aromatic heterocycles. The highest BCUT2D eigenvalue weighted by atomic mass is 35.5. The molecule has 0 bridgehead atoms. The lowest BCUT2D eigenvalue weighted by atomic mass is 9.98. The molecule has 2 aliphatic rings. The monoisotopic (exact) mass is 491 g/mol. The van der Waals surface area contributed by atoms with Crippen LogP contribution in [-0.2, 0) is 13.5 Å². The van der Waals surface area contributed by atoms with E-state index < -0.39 is 0 Å². The Morgan fingerprint density at radius 1 is 1.17 bits per heavy atom. The van der Waals surface area contributed by atoms with Crippen LogP contribution in [0.15, 0.2) is 43.0 Å². The number of carbonyl (C=O) groups is 1. The molecular formula is C26H30ClN7O. The number of allylic oxidation sites excluding steroid dienone is 1. The molecule has 1 aliphatic heterocycles. The van der Waals surface area contributed by atoms with E-state index in [1.54, 1.807) is 6.33 Å². The van der Waals surface area contributed by atoms with Crippen LogP contribution < -0.4 is 10.2 Å². The van der Waals surface area contributed by atoms with Gasteiger partial charge in [0.2, 0.25) is 0 Å². The van der Waals surface area contributed by atoms with Crippen LogP contribution in [0.3, 0.4) is 0 Å². The molecule has 9 heteroatoms. The molecule has 1 saturated heterocycles. The molecule has 182 valence electrons. The number of piperazine rings is 1. The van der Waals surface area contributed by atoms with Crippen LogP contribution in [-0.4, -0.2) is 55.9 Å². The van der Waals surface area contributed by atoms with Crippen molar-refractivity contribution in [3.63, 3.8) is 0 Å². The third-order valence-corrected chi connectivity index (χ3v) is 7.11. The first-order chi connectivity index (χ1) is 16.7. The van der Waals surface area contributed by atoms with Crippen LogP contribution in [0, 0.1) is 0 Å². The first kappa shape index (κ1) is 23.4. The number of hydrogen-bond acceptors (Lipinski definition) is 5. The Bertz CT molecular complexity index is 1280. The van der Waals surface area contributed by atoms with E-state index in [1.165, 1.54) is 5.57 Å². The van der Waals surface area contributed by atoms with Gasteiger partial charge in [-0.1, -0.05) is 23.7 Å². The molecule has 1 fully saturated rings. The van der Waals surface area contributed by atoms with E-state index in [1.807, 2.05) is 60.2 Å². The molecule has 1 aromatic carbocycles. The van der Waals surface area contributed by atoms with E-state index in [-0.39, 0.29) is 17.6 Å². The Morgan fingerprint density at radius 2 is 1.94 bits per heavy atom. The van der Waals surface area contributed by atoms with E-state index in [2.05, 4.69) is 45.2 Å². The number of rotatable bonds is 4. The zero-order chi connectivity index (χ0) is 24.7. The Hall–Kier alpha value is -3.39. The summed E-state index contributed by atoms with van der Waals surface area (Å²) >= 11 is 6.00. The number of aryl methyl sites for hydroxylation is 1. The molecule has 0 saturated carbocycles. The minimum absolute atomic E-state index is 0.0659. The van der Waals surface area contributed by atoms with Gasteiger partial charge in [-0.15, -0.1) is 0 Å². The van der Waals surface area contributed by atoms with Gasteiger partial charge in [0.1, 0.15) is 12.1 Å². The minimum Gasteiger partial charge on any atom is -0.352 e. The Balaban J connectivity index is 1.31. The van der Waals surface area contributed by atoms with Crippen molar-refractivity contribution in [2.45, 2.75) is 38.8 Å². The smallest absolute Gasteiger partial charge is 0.318 e. The summed E-state index contributed by atoms with van der Waals surface area (Å²) in [5.74, 6) is 0.927. The Morgan fingerprint density at radius 3 is 2.63 bits per heavy atom. The van der Waals surface area contributed by atoms with Gasteiger partial charge >= 0.3 is 6.03 Å². The van der Waals surface area contributed by atoms with Gasteiger partial charge in [0, 0.05) is 55.4 Å².